The van der Waals surface area contributed by atoms with Crippen LogP contribution in [0.15, 0.2) is 18.5 Å². The summed E-state index contributed by atoms with van der Waals surface area (Å²) in [5, 5.41) is 20.9. The third kappa shape index (κ3) is 2.25. The summed E-state index contributed by atoms with van der Waals surface area (Å²) in [5.41, 5.74) is 1.55. The summed E-state index contributed by atoms with van der Waals surface area (Å²) < 4.78 is 1.89. The van der Waals surface area contributed by atoms with Crippen molar-refractivity contribution in [2.24, 2.45) is 0 Å². The Morgan fingerprint density at radius 2 is 1.89 bits per heavy atom. The molecule has 0 bridgehead atoms. The molecule has 0 amide bonds. The molecule has 1 aromatic carbocycles. The first-order chi connectivity index (χ1) is 8.99. The molecule has 0 aliphatic heterocycles. The molecular weight excluding hydrogens is 402 g/mol. The lowest BCUT2D eigenvalue weighted by Gasteiger charge is -2.18. The monoisotopic (exact) mass is 412 g/mol. The molecule has 1 fully saturated rings. The van der Waals surface area contributed by atoms with E-state index in [1.807, 2.05) is 4.57 Å². The molecule has 0 saturated heterocycles. The Bertz CT molecular complexity index is 633. The molecule has 7 heteroatoms. The van der Waals surface area contributed by atoms with Crippen molar-refractivity contribution in [1.82, 2.24) is 9.55 Å². The number of hydrogen-bond acceptors (Lipinski definition) is 3. The number of nitrogens with zero attached hydrogens (tertiary/aromatic N) is 2. The number of aliphatic hydroxyl groups excluding tert-OH is 2. The molecule has 2 aromatic rings. The van der Waals surface area contributed by atoms with Crippen molar-refractivity contribution in [3.63, 3.8) is 0 Å². The molecule has 0 spiro atoms. The molecule has 0 radical (unpaired) electrons. The van der Waals surface area contributed by atoms with Crippen LogP contribution in [-0.4, -0.2) is 35.9 Å². The van der Waals surface area contributed by atoms with Crippen LogP contribution < -0.4 is 0 Å². The standard InChI is InChI=1S/C12H11Cl2IN2O2/c13-5-1-8-9(2-6(5)14)17(4-16-8)10-3-7(15)11(18)12(10)19/h1-2,4,7,10-12,18-19H,3H2/t7-,10+,11-,12-/m1/s1. The van der Waals surface area contributed by atoms with E-state index in [4.69, 9.17) is 23.2 Å². The summed E-state index contributed by atoms with van der Waals surface area (Å²) in [6.07, 6.45) is 0.834. The van der Waals surface area contributed by atoms with Gasteiger partial charge in [-0.15, -0.1) is 0 Å². The van der Waals surface area contributed by atoms with E-state index >= 15 is 0 Å². The van der Waals surface area contributed by atoms with Crippen molar-refractivity contribution in [2.45, 2.75) is 28.6 Å². The largest absolute Gasteiger partial charge is 0.389 e. The highest BCUT2D eigenvalue weighted by atomic mass is 127. The first-order valence-electron chi connectivity index (χ1n) is 5.81. The minimum Gasteiger partial charge on any atom is -0.389 e. The molecule has 1 aliphatic rings. The highest BCUT2D eigenvalue weighted by Gasteiger charge is 2.41. The van der Waals surface area contributed by atoms with Crippen LogP contribution in [0, 0.1) is 0 Å². The van der Waals surface area contributed by atoms with E-state index in [1.165, 1.54) is 0 Å². The predicted octanol–water partition coefficient (Wildman–Crippen LogP) is 2.81. The van der Waals surface area contributed by atoms with Crippen LogP contribution in [0.3, 0.4) is 0 Å². The van der Waals surface area contributed by atoms with Crippen LogP contribution in [0.4, 0.5) is 0 Å². The maximum Gasteiger partial charge on any atom is 0.102 e. The van der Waals surface area contributed by atoms with E-state index in [1.54, 1.807) is 18.5 Å². The Labute approximate surface area is 133 Å². The van der Waals surface area contributed by atoms with Crippen molar-refractivity contribution >= 4 is 56.8 Å². The van der Waals surface area contributed by atoms with Crippen LogP contribution in [0.2, 0.25) is 10.0 Å². The van der Waals surface area contributed by atoms with Gasteiger partial charge < -0.3 is 14.8 Å². The van der Waals surface area contributed by atoms with Gasteiger partial charge in [0.1, 0.15) is 6.10 Å². The number of halogens is 3. The van der Waals surface area contributed by atoms with Gasteiger partial charge in [0.2, 0.25) is 0 Å². The Balaban J connectivity index is 2.09. The number of fused-ring (bicyclic) bond motifs is 1. The zero-order valence-corrected chi connectivity index (χ0v) is 13.3. The van der Waals surface area contributed by atoms with E-state index in [2.05, 4.69) is 27.6 Å². The van der Waals surface area contributed by atoms with Crippen molar-refractivity contribution < 1.29 is 10.2 Å². The minimum atomic E-state index is -0.797. The number of aliphatic hydroxyl groups is 2. The Morgan fingerprint density at radius 1 is 1.21 bits per heavy atom. The highest BCUT2D eigenvalue weighted by molar-refractivity contribution is 14.1. The third-order valence-electron chi connectivity index (χ3n) is 3.56. The number of alkyl halides is 1. The predicted molar refractivity (Wildman–Crippen MR) is 83.2 cm³/mol. The van der Waals surface area contributed by atoms with Crippen LogP contribution in [-0.2, 0) is 0 Å². The first kappa shape index (κ1) is 13.9. The third-order valence-corrected chi connectivity index (χ3v) is 5.52. The fraction of sp³-hybridized carbons (Fsp3) is 0.417. The zero-order valence-electron chi connectivity index (χ0n) is 9.67. The highest BCUT2D eigenvalue weighted by Crippen LogP contribution is 2.38. The SMILES string of the molecule is O[C@H]1[C@H](O)[C@@H](n2cnc3cc(Cl)c(Cl)cc32)C[C@H]1I. The Kier molecular flexibility index (Phi) is 3.68. The van der Waals surface area contributed by atoms with Crippen molar-refractivity contribution in [2.75, 3.05) is 0 Å². The maximum absolute atomic E-state index is 10.1. The van der Waals surface area contributed by atoms with Crippen molar-refractivity contribution in [3.05, 3.63) is 28.5 Å². The average Bonchev–Trinajstić information content (AvgIpc) is 2.87. The Morgan fingerprint density at radius 3 is 2.53 bits per heavy atom. The summed E-state index contributed by atoms with van der Waals surface area (Å²) in [5.74, 6) is 0. The molecule has 4 nitrogen and oxygen atoms in total. The summed E-state index contributed by atoms with van der Waals surface area (Å²) in [7, 11) is 0. The van der Waals surface area contributed by atoms with Gasteiger partial charge in [-0.25, -0.2) is 4.98 Å². The molecule has 0 unspecified atom stereocenters. The minimum absolute atomic E-state index is 0.0258. The van der Waals surface area contributed by atoms with E-state index in [0.29, 0.717) is 16.5 Å². The van der Waals surface area contributed by atoms with Crippen molar-refractivity contribution in [1.29, 1.82) is 0 Å². The number of aromatic nitrogens is 2. The lowest BCUT2D eigenvalue weighted by atomic mass is 10.2. The smallest absolute Gasteiger partial charge is 0.102 e. The lowest BCUT2D eigenvalue weighted by molar-refractivity contribution is 0.0273. The summed E-state index contributed by atoms with van der Waals surface area (Å²) in [4.78, 5) is 4.27. The first-order valence-corrected chi connectivity index (χ1v) is 7.81. The fourth-order valence-corrected chi connectivity index (χ4v) is 3.78. The van der Waals surface area contributed by atoms with Crippen LogP contribution >= 0.6 is 45.8 Å². The molecule has 1 aliphatic carbocycles. The molecule has 1 heterocycles. The number of hydrogen-bond donors (Lipinski definition) is 2. The number of benzene rings is 1. The van der Waals surface area contributed by atoms with Gasteiger partial charge in [0.15, 0.2) is 0 Å². The van der Waals surface area contributed by atoms with Gasteiger partial charge in [0, 0.05) is 3.92 Å². The summed E-state index contributed by atoms with van der Waals surface area (Å²) in [6, 6.07) is 3.25. The van der Waals surface area contributed by atoms with E-state index in [-0.39, 0.29) is 9.97 Å². The second kappa shape index (κ2) is 5.04. The van der Waals surface area contributed by atoms with E-state index < -0.39 is 12.2 Å². The lowest BCUT2D eigenvalue weighted by Crippen LogP contribution is -2.29. The van der Waals surface area contributed by atoms with Crippen LogP contribution in [0.5, 0.6) is 0 Å². The summed E-state index contributed by atoms with van der Waals surface area (Å²) in [6.45, 7) is 0. The second-order valence-corrected chi connectivity index (χ2v) is 7.12. The molecule has 2 N–H and O–H groups in total. The van der Waals surface area contributed by atoms with E-state index in [9.17, 15) is 10.2 Å². The van der Waals surface area contributed by atoms with Gasteiger partial charge in [-0.05, 0) is 18.6 Å². The quantitative estimate of drug-likeness (QED) is 0.559. The maximum atomic E-state index is 10.1. The van der Waals surface area contributed by atoms with Gasteiger partial charge >= 0.3 is 0 Å². The van der Waals surface area contributed by atoms with Gasteiger partial charge in [-0.2, -0.15) is 0 Å². The van der Waals surface area contributed by atoms with E-state index in [0.717, 1.165) is 11.0 Å². The number of rotatable bonds is 1. The molecule has 19 heavy (non-hydrogen) atoms. The van der Waals surface area contributed by atoms with Gasteiger partial charge in [-0.3, -0.25) is 0 Å². The average molecular weight is 413 g/mol. The van der Waals surface area contributed by atoms with Gasteiger partial charge in [0.25, 0.3) is 0 Å². The summed E-state index contributed by atoms with van der Waals surface area (Å²) >= 11 is 14.1. The normalized spacial score (nSPS) is 31.2. The number of imidazole rings is 1. The molecule has 102 valence electrons. The van der Waals surface area contributed by atoms with Crippen LogP contribution in [0.1, 0.15) is 12.5 Å². The molecule has 4 atom stereocenters. The van der Waals surface area contributed by atoms with Gasteiger partial charge in [0.05, 0.1) is 39.6 Å². The second-order valence-electron chi connectivity index (χ2n) is 4.71. The Hall–Kier alpha value is -0.0800. The van der Waals surface area contributed by atoms with Crippen LogP contribution in [0.25, 0.3) is 11.0 Å². The molecule has 1 aromatic heterocycles. The fourth-order valence-electron chi connectivity index (χ4n) is 2.52. The topological polar surface area (TPSA) is 58.3 Å². The van der Waals surface area contributed by atoms with Crippen molar-refractivity contribution in [3.8, 4) is 0 Å². The van der Waals surface area contributed by atoms with Gasteiger partial charge in [-0.1, -0.05) is 45.8 Å². The molecule has 3 rings (SSSR count). The molecule has 1 saturated carbocycles. The zero-order chi connectivity index (χ0) is 13.7. The molecular formula is C12H11Cl2IN2O2.